The highest BCUT2D eigenvalue weighted by Gasteiger charge is 2.14. The Kier molecular flexibility index (Phi) is 3.30. The van der Waals surface area contributed by atoms with E-state index < -0.39 is 0 Å². The van der Waals surface area contributed by atoms with Gasteiger partial charge in [0, 0.05) is 15.9 Å². The van der Waals surface area contributed by atoms with Crippen LogP contribution in [-0.4, -0.2) is 9.55 Å². The number of pyridine rings is 1. The molecule has 0 aromatic carbocycles. The number of aryl methyl sites for hydroxylation is 1. The van der Waals surface area contributed by atoms with Crippen molar-refractivity contribution < 1.29 is 0 Å². The van der Waals surface area contributed by atoms with Crippen LogP contribution in [0.3, 0.4) is 0 Å². The molecule has 0 bridgehead atoms. The van der Waals surface area contributed by atoms with Gasteiger partial charge in [0.05, 0.1) is 0 Å². The van der Waals surface area contributed by atoms with E-state index >= 15 is 0 Å². The second-order valence-electron chi connectivity index (χ2n) is 3.76. The van der Waals surface area contributed by atoms with Gasteiger partial charge in [-0.25, -0.2) is 4.98 Å². The van der Waals surface area contributed by atoms with Crippen LogP contribution in [0.1, 0.15) is 24.0 Å². The summed E-state index contributed by atoms with van der Waals surface area (Å²) in [5.41, 5.74) is 2.62. The summed E-state index contributed by atoms with van der Waals surface area (Å²) in [6.45, 7) is 4.01. The Morgan fingerprint density at radius 1 is 1.47 bits per heavy atom. The van der Waals surface area contributed by atoms with Gasteiger partial charge in [-0.15, -0.1) is 0 Å². The number of halogens is 1. The van der Waals surface area contributed by atoms with E-state index in [9.17, 15) is 0 Å². The SMILES string of the molecule is CCc1c(Br)cc(C#N)n1-c1cccc(C)n1. The molecular weight excluding hydrogens is 278 g/mol. The summed E-state index contributed by atoms with van der Waals surface area (Å²) in [6, 6.07) is 9.85. The summed E-state index contributed by atoms with van der Waals surface area (Å²) in [4.78, 5) is 4.46. The second kappa shape index (κ2) is 4.72. The molecule has 4 heteroatoms. The van der Waals surface area contributed by atoms with Crippen molar-refractivity contribution in [3.05, 3.63) is 45.8 Å². The maximum absolute atomic E-state index is 9.16. The molecule has 0 amide bonds. The van der Waals surface area contributed by atoms with Gasteiger partial charge >= 0.3 is 0 Å². The lowest BCUT2D eigenvalue weighted by Crippen LogP contribution is -2.04. The molecule has 0 unspecified atom stereocenters. The molecule has 2 rings (SSSR count). The summed E-state index contributed by atoms with van der Waals surface area (Å²) < 4.78 is 2.86. The van der Waals surface area contributed by atoms with Crippen LogP contribution in [0.25, 0.3) is 5.82 Å². The number of nitriles is 1. The molecule has 86 valence electrons. The predicted octanol–water partition coefficient (Wildman–Crippen LogP) is 3.38. The molecule has 0 aliphatic heterocycles. The first-order valence-electron chi connectivity index (χ1n) is 5.41. The van der Waals surface area contributed by atoms with Crippen molar-refractivity contribution in [2.24, 2.45) is 0 Å². The molecule has 3 nitrogen and oxygen atoms in total. The van der Waals surface area contributed by atoms with E-state index in [2.05, 4.69) is 33.9 Å². The summed E-state index contributed by atoms with van der Waals surface area (Å²) in [7, 11) is 0. The number of hydrogen-bond donors (Lipinski definition) is 0. The fourth-order valence-electron chi connectivity index (χ4n) is 1.84. The van der Waals surface area contributed by atoms with E-state index in [1.807, 2.05) is 35.8 Å². The third kappa shape index (κ3) is 2.11. The topological polar surface area (TPSA) is 41.6 Å². The smallest absolute Gasteiger partial charge is 0.138 e. The standard InChI is InChI=1S/C13H12BrN3/c1-3-12-11(14)7-10(8-15)17(12)13-6-4-5-9(2)16-13/h4-7H,3H2,1-2H3. The maximum Gasteiger partial charge on any atom is 0.138 e. The third-order valence-electron chi connectivity index (χ3n) is 2.60. The quantitative estimate of drug-likeness (QED) is 0.850. The number of rotatable bonds is 2. The van der Waals surface area contributed by atoms with Crippen LogP contribution in [0.4, 0.5) is 0 Å². The molecule has 0 saturated heterocycles. The van der Waals surface area contributed by atoms with Crippen LogP contribution < -0.4 is 0 Å². The van der Waals surface area contributed by atoms with Crippen LogP contribution in [0, 0.1) is 18.3 Å². The van der Waals surface area contributed by atoms with E-state index in [1.54, 1.807) is 0 Å². The van der Waals surface area contributed by atoms with Crippen molar-refractivity contribution in [2.45, 2.75) is 20.3 Å². The molecule has 0 radical (unpaired) electrons. The Hall–Kier alpha value is -1.60. The van der Waals surface area contributed by atoms with Crippen LogP contribution in [0.2, 0.25) is 0 Å². The molecule has 0 aliphatic carbocycles. The predicted molar refractivity (Wildman–Crippen MR) is 70.1 cm³/mol. The lowest BCUT2D eigenvalue weighted by Gasteiger charge is -2.09. The average molecular weight is 290 g/mol. The van der Waals surface area contributed by atoms with Crippen LogP contribution in [-0.2, 0) is 6.42 Å². The van der Waals surface area contributed by atoms with Gasteiger partial charge in [0.2, 0.25) is 0 Å². The molecular formula is C13H12BrN3. The van der Waals surface area contributed by atoms with Gasteiger partial charge < -0.3 is 0 Å². The average Bonchev–Trinajstić information content (AvgIpc) is 2.65. The first-order chi connectivity index (χ1) is 8.17. The second-order valence-corrected chi connectivity index (χ2v) is 4.62. The molecule has 0 aliphatic rings. The molecule has 2 aromatic rings. The van der Waals surface area contributed by atoms with E-state index in [0.29, 0.717) is 5.69 Å². The molecule has 0 N–H and O–H groups in total. The minimum absolute atomic E-state index is 0.604. The minimum atomic E-state index is 0.604. The van der Waals surface area contributed by atoms with Crippen molar-refractivity contribution in [1.82, 2.24) is 9.55 Å². The van der Waals surface area contributed by atoms with Crippen LogP contribution in [0.15, 0.2) is 28.7 Å². The lowest BCUT2D eigenvalue weighted by atomic mass is 10.3. The Labute approximate surface area is 109 Å². The Bertz CT molecular complexity index is 593. The monoisotopic (exact) mass is 289 g/mol. The Morgan fingerprint density at radius 2 is 2.24 bits per heavy atom. The molecule has 0 spiro atoms. The molecule has 0 saturated carbocycles. The van der Waals surface area contributed by atoms with E-state index in [4.69, 9.17) is 5.26 Å². The highest BCUT2D eigenvalue weighted by Crippen LogP contribution is 2.25. The summed E-state index contributed by atoms with van der Waals surface area (Å²) in [6.07, 6.45) is 0.845. The van der Waals surface area contributed by atoms with Gasteiger partial charge in [0.25, 0.3) is 0 Å². The van der Waals surface area contributed by atoms with E-state index in [-0.39, 0.29) is 0 Å². The minimum Gasteiger partial charge on any atom is -0.288 e. The highest BCUT2D eigenvalue weighted by molar-refractivity contribution is 9.10. The fraction of sp³-hybridized carbons (Fsp3) is 0.231. The highest BCUT2D eigenvalue weighted by atomic mass is 79.9. The zero-order valence-corrected chi connectivity index (χ0v) is 11.3. The molecule has 2 aromatic heterocycles. The third-order valence-corrected chi connectivity index (χ3v) is 3.29. The summed E-state index contributed by atoms with van der Waals surface area (Å²) in [5, 5.41) is 9.16. The zero-order valence-electron chi connectivity index (χ0n) is 9.74. The first kappa shape index (κ1) is 11.9. The van der Waals surface area contributed by atoms with Gasteiger partial charge in [0.15, 0.2) is 0 Å². The largest absolute Gasteiger partial charge is 0.288 e. The van der Waals surface area contributed by atoms with Gasteiger partial charge in [-0.3, -0.25) is 4.57 Å². The van der Waals surface area contributed by atoms with Crippen LogP contribution in [0.5, 0.6) is 0 Å². The van der Waals surface area contributed by atoms with Crippen molar-refractivity contribution in [2.75, 3.05) is 0 Å². The van der Waals surface area contributed by atoms with Crippen molar-refractivity contribution in [3.8, 4) is 11.9 Å². The molecule has 0 atom stereocenters. The molecule has 0 fully saturated rings. The maximum atomic E-state index is 9.16. The Morgan fingerprint density at radius 3 is 2.82 bits per heavy atom. The van der Waals surface area contributed by atoms with Gasteiger partial charge in [-0.05, 0) is 47.5 Å². The number of hydrogen-bond acceptors (Lipinski definition) is 2. The van der Waals surface area contributed by atoms with Gasteiger partial charge in [0.1, 0.15) is 17.6 Å². The van der Waals surface area contributed by atoms with Gasteiger partial charge in [-0.1, -0.05) is 13.0 Å². The van der Waals surface area contributed by atoms with E-state index in [1.165, 1.54) is 0 Å². The fourth-order valence-corrected chi connectivity index (χ4v) is 2.52. The lowest BCUT2D eigenvalue weighted by molar-refractivity contribution is 0.882. The zero-order chi connectivity index (χ0) is 12.4. The number of nitrogens with zero attached hydrogens (tertiary/aromatic N) is 3. The summed E-state index contributed by atoms with van der Waals surface area (Å²) in [5.74, 6) is 0.795. The van der Waals surface area contributed by atoms with Crippen molar-refractivity contribution >= 4 is 15.9 Å². The molecule has 17 heavy (non-hydrogen) atoms. The normalized spacial score (nSPS) is 10.2. The van der Waals surface area contributed by atoms with Crippen molar-refractivity contribution in [3.63, 3.8) is 0 Å². The summed E-state index contributed by atoms with van der Waals surface area (Å²) >= 11 is 3.49. The first-order valence-corrected chi connectivity index (χ1v) is 6.21. The Balaban J connectivity index is 2.70. The van der Waals surface area contributed by atoms with Crippen molar-refractivity contribution in [1.29, 1.82) is 5.26 Å². The number of aromatic nitrogens is 2. The van der Waals surface area contributed by atoms with Gasteiger partial charge in [-0.2, -0.15) is 5.26 Å². The van der Waals surface area contributed by atoms with Crippen LogP contribution >= 0.6 is 15.9 Å². The molecule has 2 heterocycles. The van der Waals surface area contributed by atoms with E-state index in [0.717, 1.165) is 28.1 Å².